The van der Waals surface area contributed by atoms with Crippen LogP contribution in [0.25, 0.3) is 12.2 Å². The Labute approximate surface area is 293 Å². The van der Waals surface area contributed by atoms with Crippen LogP contribution in [-0.4, -0.2) is 0 Å². The Morgan fingerprint density at radius 1 is 0.447 bits per heavy atom. The minimum atomic E-state index is -0.890. The summed E-state index contributed by atoms with van der Waals surface area (Å²) in [5.41, 5.74) is 10.4. The summed E-state index contributed by atoms with van der Waals surface area (Å²) in [4.78, 5) is 0. The van der Waals surface area contributed by atoms with E-state index in [4.69, 9.17) is 0 Å². The Hall–Kier alpha value is -3.89. The average molecular weight is 702 g/mol. The number of aryl methyl sites for hydroxylation is 2. The first-order chi connectivity index (χ1) is 23.2. The van der Waals surface area contributed by atoms with Crippen molar-refractivity contribution in [3.05, 3.63) is 214 Å². The zero-order valence-electron chi connectivity index (χ0n) is 26.8. The molecule has 0 radical (unpaired) electrons. The van der Waals surface area contributed by atoms with Crippen LogP contribution in [0.3, 0.4) is 0 Å². The third kappa shape index (κ3) is 7.49. The van der Waals surface area contributed by atoms with E-state index in [0.29, 0.717) is 7.25 Å². The maximum Gasteiger partial charge on any atom is -0.0238 e. The summed E-state index contributed by atoms with van der Waals surface area (Å²) in [6.07, 6.45) is 7.24. The summed E-state index contributed by atoms with van der Waals surface area (Å²) in [5.74, 6) is 0. The molecule has 6 aromatic carbocycles. The fraction of sp³-hybridized carbons (Fsp3) is 0.111. The maximum atomic E-state index is 2.55. The van der Waals surface area contributed by atoms with Gasteiger partial charge in [-0.3, -0.25) is 0 Å². The molecule has 0 heterocycles. The first-order valence-corrected chi connectivity index (χ1v) is 20.7. The Bertz CT molecular complexity index is 1880. The molecule has 0 saturated carbocycles. The van der Waals surface area contributed by atoms with Gasteiger partial charge in [-0.25, -0.2) is 0 Å². The van der Waals surface area contributed by atoms with Gasteiger partial charge in [-0.15, -0.1) is 0 Å². The Morgan fingerprint density at radius 2 is 0.851 bits per heavy atom. The van der Waals surface area contributed by atoms with Gasteiger partial charge in [-0.2, -0.15) is 0 Å². The zero-order chi connectivity index (χ0) is 31.8. The van der Waals surface area contributed by atoms with Crippen LogP contribution in [0.1, 0.15) is 47.6 Å². The van der Waals surface area contributed by atoms with Crippen molar-refractivity contribution in [2.75, 3.05) is 0 Å². The first-order valence-electron chi connectivity index (χ1n) is 16.6. The quantitative estimate of drug-likeness (QED) is 0.139. The van der Waals surface area contributed by atoms with E-state index in [0.717, 1.165) is 12.8 Å². The van der Waals surface area contributed by atoms with Crippen LogP contribution >= 0.6 is 7.92 Å². The number of hydrogen-bond acceptors (Lipinski definition) is 0. The Morgan fingerprint density at radius 3 is 1.36 bits per heavy atom. The molecule has 8 rings (SSSR count). The molecule has 0 amide bonds. The van der Waals surface area contributed by atoms with Gasteiger partial charge in [0.15, 0.2) is 0 Å². The summed E-state index contributed by atoms with van der Waals surface area (Å²) in [7, 11) is -0.555. The van der Waals surface area contributed by atoms with Crippen molar-refractivity contribution in [3.63, 3.8) is 0 Å². The zero-order valence-corrected chi connectivity index (χ0v) is 30.2. The molecule has 0 N–H and O–H groups in total. The van der Waals surface area contributed by atoms with Gasteiger partial charge < -0.3 is 0 Å². The summed E-state index contributed by atoms with van der Waals surface area (Å²) in [6, 6.07) is 61.9. The second-order valence-corrected chi connectivity index (χ2v) is 18.1. The predicted molar refractivity (Wildman–Crippen MR) is 199 cm³/mol. The average Bonchev–Trinajstić information content (AvgIpc) is 3.66. The standard InChI is InChI=1S/C21H16P.C14H14.C10H9.Zr/c1-3-11-19(12-4-1)22(20-13-5-2-6-14-20)21-15-17-9-7-8-10-18(17)16-21;1-3-7-13(8-4-1)11-12-14-9-5-2-6-10-14;1-8-6-9-4-2-3-5-10(9)7-8;/h1-16H;1-10H,11-12H2;2-7H,1H3;. The third-order valence-corrected chi connectivity index (χ3v) is 17.2. The van der Waals surface area contributed by atoms with E-state index in [9.17, 15) is 0 Å². The second-order valence-electron chi connectivity index (χ2n) is 12.2. The Kier molecular flexibility index (Phi) is 10.3. The van der Waals surface area contributed by atoms with Gasteiger partial charge >= 0.3 is 210 Å². The summed E-state index contributed by atoms with van der Waals surface area (Å²) in [5, 5.41) is 4.58. The van der Waals surface area contributed by atoms with Crippen molar-refractivity contribution in [2.45, 2.75) is 27.0 Å². The van der Waals surface area contributed by atoms with Crippen LogP contribution < -0.4 is 10.6 Å². The van der Waals surface area contributed by atoms with Crippen molar-refractivity contribution in [1.82, 2.24) is 0 Å². The minimum Gasteiger partial charge on any atom is -0.0622 e. The summed E-state index contributed by atoms with van der Waals surface area (Å²) >= 11 is -0.890. The maximum absolute atomic E-state index is 2.55. The molecule has 0 nitrogen and oxygen atoms in total. The van der Waals surface area contributed by atoms with E-state index in [-0.39, 0.29) is 0 Å². The fourth-order valence-electron chi connectivity index (χ4n) is 6.72. The normalized spacial score (nSPS) is 16.0. The predicted octanol–water partition coefficient (Wildman–Crippen LogP) is 10.9. The van der Waals surface area contributed by atoms with Crippen molar-refractivity contribution in [2.24, 2.45) is 0 Å². The van der Waals surface area contributed by atoms with E-state index in [2.05, 4.69) is 189 Å². The van der Waals surface area contributed by atoms with Crippen molar-refractivity contribution >= 4 is 30.7 Å². The van der Waals surface area contributed by atoms with E-state index < -0.39 is 31.2 Å². The molecule has 2 unspecified atom stereocenters. The van der Waals surface area contributed by atoms with Crippen LogP contribution in [0.2, 0.25) is 0 Å². The summed E-state index contributed by atoms with van der Waals surface area (Å²) < 4.78 is 1.24. The van der Waals surface area contributed by atoms with Gasteiger partial charge in [-0.05, 0) is 24.0 Å². The number of hydrogen-bond donors (Lipinski definition) is 0. The van der Waals surface area contributed by atoms with Gasteiger partial charge in [0.25, 0.3) is 0 Å². The fourth-order valence-corrected chi connectivity index (χ4v) is 15.1. The molecule has 0 saturated heterocycles. The molecule has 0 aliphatic heterocycles. The number of fused-ring (bicyclic) bond motifs is 2. The molecule has 0 bridgehead atoms. The molecule has 2 aliphatic rings. The topological polar surface area (TPSA) is 0 Å². The molecule has 6 aromatic rings. The van der Waals surface area contributed by atoms with E-state index in [1.54, 1.807) is 22.0 Å². The van der Waals surface area contributed by atoms with Crippen molar-refractivity contribution < 1.29 is 23.2 Å². The second kappa shape index (κ2) is 15.3. The van der Waals surface area contributed by atoms with E-state index in [1.807, 2.05) is 0 Å². The van der Waals surface area contributed by atoms with Gasteiger partial charge in [0.2, 0.25) is 0 Å². The Balaban J connectivity index is 0.000000210. The molecule has 2 aliphatic carbocycles. The van der Waals surface area contributed by atoms with Crippen LogP contribution in [0.5, 0.6) is 0 Å². The molecular formula is C45H39PZr. The molecule has 47 heavy (non-hydrogen) atoms. The third-order valence-electron chi connectivity index (χ3n) is 9.06. The molecule has 2 heteroatoms. The smallest absolute Gasteiger partial charge is 0.0238 e. The largest absolute Gasteiger partial charge is 0.0622 e. The molecular weight excluding hydrogens is 663 g/mol. The number of rotatable bonds is 8. The van der Waals surface area contributed by atoms with E-state index in [1.165, 1.54) is 32.9 Å². The summed E-state index contributed by atoms with van der Waals surface area (Å²) in [6.45, 7) is 2.35. The minimum absolute atomic E-state index is 0.555. The molecule has 0 aromatic heterocycles. The van der Waals surface area contributed by atoms with Crippen LogP contribution in [0.4, 0.5) is 0 Å². The van der Waals surface area contributed by atoms with Gasteiger partial charge in [0, 0.05) is 0 Å². The number of allylic oxidation sites excluding steroid dienone is 2. The number of benzene rings is 6. The molecule has 228 valence electrons. The van der Waals surface area contributed by atoms with Gasteiger partial charge in [0.05, 0.1) is 0 Å². The SMILES string of the molecule is CC1=Cc2ccccc2[CH]1[Zr][CH]1C(P(c2ccccc2)c2ccccc2)=Cc2ccccc21.c1ccc(CCc2ccccc2)cc1. The molecule has 2 atom stereocenters. The van der Waals surface area contributed by atoms with Gasteiger partial charge in [0.1, 0.15) is 0 Å². The van der Waals surface area contributed by atoms with E-state index >= 15 is 0 Å². The van der Waals surface area contributed by atoms with Crippen molar-refractivity contribution in [1.29, 1.82) is 0 Å². The van der Waals surface area contributed by atoms with Gasteiger partial charge in [-0.1, -0.05) is 60.7 Å². The first kappa shape index (κ1) is 31.7. The van der Waals surface area contributed by atoms with Crippen LogP contribution in [0.15, 0.2) is 181 Å². The molecule has 0 fully saturated rings. The van der Waals surface area contributed by atoms with Crippen LogP contribution in [-0.2, 0) is 36.1 Å². The van der Waals surface area contributed by atoms with Crippen molar-refractivity contribution in [3.8, 4) is 0 Å². The monoisotopic (exact) mass is 700 g/mol. The van der Waals surface area contributed by atoms with Crippen LogP contribution in [0, 0.1) is 0 Å². The molecule has 0 spiro atoms.